The van der Waals surface area contributed by atoms with Gasteiger partial charge < -0.3 is 10.1 Å². The van der Waals surface area contributed by atoms with E-state index in [1.165, 1.54) is 10.9 Å². The molecule has 0 bridgehead atoms. The molecular formula is C17H23NO2S. The highest BCUT2D eigenvalue weighted by Gasteiger charge is 2.08. The summed E-state index contributed by atoms with van der Waals surface area (Å²) in [4.78, 5) is 0. The van der Waals surface area contributed by atoms with Crippen LogP contribution >= 0.6 is 0 Å². The van der Waals surface area contributed by atoms with E-state index in [0.29, 0.717) is 6.04 Å². The second-order valence-electron chi connectivity index (χ2n) is 5.32. The lowest BCUT2D eigenvalue weighted by molar-refractivity contribution is 0.419. The number of rotatable bonds is 7. The highest BCUT2D eigenvalue weighted by molar-refractivity contribution is 7.84. The van der Waals surface area contributed by atoms with Crippen molar-refractivity contribution in [3.8, 4) is 5.75 Å². The van der Waals surface area contributed by atoms with Gasteiger partial charge in [0, 0.05) is 40.8 Å². The predicted octanol–water partition coefficient (Wildman–Crippen LogP) is 3.10. The SMILES string of the molecule is COc1ccc(CNC(C)CCS(C)=O)c2ccccc12. The van der Waals surface area contributed by atoms with Crippen LogP contribution in [-0.2, 0) is 17.3 Å². The van der Waals surface area contributed by atoms with Gasteiger partial charge in [-0.05, 0) is 30.4 Å². The molecule has 3 nitrogen and oxygen atoms in total. The first-order valence-electron chi connectivity index (χ1n) is 7.20. The average molecular weight is 305 g/mol. The Labute approximate surface area is 129 Å². The number of hydrogen-bond donors (Lipinski definition) is 1. The lowest BCUT2D eigenvalue weighted by Gasteiger charge is -2.15. The third-order valence-corrected chi connectivity index (χ3v) is 4.48. The van der Waals surface area contributed by atoms with Crippen LogP contribution in [0.1, 0.15) is 18.9 Å². The fraction of sp³-hybridized carbons (Fsp3) is 0.412. The first-order chi connectivity index (χ1) is 10.1. The van der Waals surface area contributed by atoms with Crippen molar-refractivity contribution in [2.24, 2.45) is 0 Å². The molecule has 0 heterocycles. The molecule has 2 aromatic rings. The molecule has 2 atom stereocenters. The van der Waals surface area contributed by atoms with Crippen LogP contribution in [0, 0.1) is 0 Å². The summed E-state index contributed by atoms with van der Waals surface area (Å²) in [5.41, 5.74) is 1.26. The molecule has 0 radical (unpaired) electrons. The van der Waals surface area contributed by atoms with Gasteiger partial charge in [0.05, 0.1) is 7.11 Å². The van der Waals surface area contributed by atoms with E-state index >= 15 is 0 Å². The summed E-state index contributed by atoms with van der Waals surface area (Å²) in [6.45, 7) is 2.95. The molecule has 1 N–H and O–H groups in total. The number of methoxy groups -OCH3 is 1. The van der Waals surface area contributed by atoms with Crippen LogP contribution in [0.3, 0.4) is 0 Å². The van der Waals surface area contributed by atoms with Crippen molar-refractivity contribution in [2.75, 3.05) is 19.1 Å². The first-order valence-corrected chi connectivity index (χ1v) is 8.92. The van der Waals surface area contributed by atoms with Crippen molar-refractivity contribution >= 4 is 21.6 Å². The van der Waals surface area contributed by atoms with Gasteiger partial charge in [-0.3, -0.25) is 4.21 Å². The molecular weight excluding hydrogens is 282 g/mol. The lowest BCUT2D eigenvalue weighted by atomic mass is 10.0. The molecule has 0 aliphatic heterocycles. The molecule has 0 aliphatic rings. The van der Waals surface area contributed by atoms with Gasteiger partial charge in [-0.15, -0.1) is 0 Å². The average Bonchev–Trinajstić information content (AvgIpc) is 2.50. The van der Waals surface area contributed by atoms with E-state index in [1.807, 2.05) is 12.1 Å². The minimum Gasteiger partial charge on any atom is -0.496 e. The Hall–Kier alpha value is -1.39. The van der Waals surface area contributed by atoms with Crippen molar-refractivity contribution in [3.05, 3.63) is 42.0 Å². The Morgan fingerprint density at radius 1 is 1.19 bits per heavy atom. The Bertz CT molecular complexity index is 627. The van der Waals surface area contributed by atoms with Crippen LogP contribution in [-0.4, -0.2) is 29.4 Å². The molecule has 114 valence electrons. The molecule has 0 spiro atoms. The van der Waals surface area contributed by atoms with Gasteiger partial charge in [-0.2, -0.15) is 0 Å². The topological polar surface area (TPSA) is 38.3 Å². The number of benzene rings is 2. The Morgan fingerprint density at radius 2 is 1.90 bits per heavy atom. The smallest absolute Gasteiger partial charge is 0.126 e. The zero-order chi connectivity index (χ0) is 15.2. The van der Waals surface area contributed by atoms with E-state index in [0.717, 1.165) is 29.9 Å². The Kier molecular flexibility index (Phi) is 5.76. The van der Waals surface area contributed by atoms with Gasteiger partial charge in [0.2, 0.25) is 0 Å². The maximum Gasteiger partial charge on any atom is 0.126 e. The molecule has 0 aromatic heterocycles. The first kappa shape index (κ1) is 16.0. The molecule has 0 fully saturated rings. The number of hydrogen-bond acceptors (Lipinski definition) is 3. The van der Waals surface area contributed by atoms with E-state index in [4.69, 9.17) is 4.74 Å². The van der Waals surface area contributed by atoms with Crippen molar-refractivity contribution in [2.45, 2.75) is 25.9 Å². The molecule has 4 heteroatoms. The van der Waals surface area contributed by atoms with Crippen molar-refractivity contribution < 1.29 is 8.95 Å². The molecule has 0 aliphatic carbocycles. The molecule has 0 saturated heterocycles. The third-order valence-electron chi connectivity index (χ3n) is 3.67. The second kappa shape index (κ2) is 7.57. The summed E-state index contributed by atoms with van der Waals surface area (Å²) in [5.74, 6) is 1.65. The fourth-order valence-corrected chi connectivity index (χ4v) is 3.08. The summed E-state index contributed by atoms with van der Waals surface area (Å²) in [7, 11) is 0.984. The van der Waals surface area contributed by atoms with E-state index < -0.39 is 10.8 Å². The molecule has 2 rings (SSSR count). The maximum atomic E-state index is 11.1. The van der Waals surface area contributed by atoms with Gasteiger partial charge in [-0.1, -0.05) is 30.3 Å². The van der Waals surface area contributed by atoms with Crippen LogP contribution in [0.5, 0.6) is 5.75 Å². The maximum absolute atomic E-state index is 11.1. The van der Waals surface area contributed by atoms with E-state index in [2.05, 4.69) is 36.5 Å². The lowest BCUT2D eigenvalue weighted by Crippen LogP contribution is -2.27. The molecule has 2 aromatic carbocycles. The largest absolute Gasteiger partial charge is 0.496 e. The minimum absolute atomic E-state index is 0.356. The summed E-state index contributed by atoms with van der Waals surface area (Å²) in [6.07, 6.45) is 2.68. The van der Waals surface area contributed by atoms with Gasteiger partial charge in [-0.25, -0.2) is 0 Å². The van der Waals surface area contributed by atoms with E-state index in [1.54, 1.807) is 13.4 Å². The standard InChI is InChI=1S/C17H23NO2S/c1-13(10-11-21(3)19)18-12-14-8-9-17(20-2)16-7-5-4-6-15(14)16/h4-9,13,18H,10-12H2,1-3H3. The zero-order valence-corrected chi connectivity index (χ0v) is 13.7. The van der Waals surface area contributed by atoms with Crippen LogP contribution in [0.2, 0.25) is 0 Å². The van der Waals surface area contributed by atoms with Gasteiger partial charge >= 0.3 is 0 Å². The van der Waals surface area contributed by atoms with Crippen LogP contribution in [0.25, 0.3) is 10.8 Å². The van der Waals surface area contributed by atoms with Gasteiger partial charge in [0.15, 0.2) is 0 Å². The van der Waals surface area contributed by atoms with Crippen molar-refractivity contribution in [1.82, 2.24) is 5.32 Å². The van der Waals surface area contributed by atoms with Crippen molar-refractivity contribution in [1.29, 1.82) is 0 Å². The fourth-order valence-electron chi connectivity index (χ4n) is 2.39. The van der Waals surface area contributed by atoms with Gasteiger partial charge in [0.25, 0.3) is 0 Å². The monoisotopic (exact) mass is 305 g/mol. The summed E-state index contributed by atoms with van der Waals surface area (Å²) >= 11 is 0. The Morgan fingerprint density at radius 3 is 2.57 bits per heavy atom. The molecule has 0 saturated carbocycles. The van der Waals surface area contributed by atoms with Crippen LogP contribution < -0.4 is 10.1 Å². The quantitative estimate of drug-likeness (QED) is 0.854. The molecule has 2 unspecified atom stereocenters. The van der Waals surface area contributed by atoms with Crippen LogP contribution in [0.4, 0.5) is 0 Å². The van der Waals surface area contributed by atoms with Crippen LogP contribution in [0.15, 0.2) is 36.4 Å². The highest BCUT2D eigenvalue weighted by Crippen LogP contribution is 2.28. The minimum atomic E-state index is -0.717. The van der Waals surface area contributed by atoms with Crippen molar-refractivity contribution in [3.63, 3.8) is 0 Å². The second-order valence-corrected chi connectivity index (χ2v) is 6.88. The predicted molar refractivity (Wildman–Crippen MR) is 90.4 cm³/mol. The number of ether oxygens (including phenoxy) is 1. The van der Waals surface area contributed by atoms with E-state index in [-0.39, 0.29) is 0 Å². The van der Waals surface area contributed by atoms with Gasteiger partial charge in [0.1, 0.15) is 5.75 Å². The molecule has 0 amide bonds. The number of fused-ring (bicyclic) bond motifs is 1. The summed E-state index contributed by atoms with van der Waals surface area (Å²) < 4.78 is 16.6. The normalized spacial score (nSPS) is 14.0. The van der Waals surface area contributed by atoms with E-state index in [9.17, 15) is 4.21 Å². The Balaban J connectivity index is 2.10. The number of nitrogens with one attached hydrogen (secondary N) is 1. The third kappa shape index (κ3) is 4.29. The highest BCUT2D eigenvalue weighted by atomic mass is 32.2. The summed E-state index contributed by atoms with van der Waals surface area (Å²) in [6, 6.07) is 12.8. The summed E-state index contributed by atoms with van der Waals surface area (Å²) in [5, 5.41) is 5.87. The zero-order valence-electron chi connectivity index (χ0n) is 12.9. The molecule has 21 heavy (non-hydrogen) atoms.